The molecule has 0 bridgehead atoms. The highest BCUT2D eigenvalue weighted by atomic mass is 16.4. The molecule has 0 aliphatic carbocycles. The van der Waals surface area contributed by atoms with E-state index in [0.29, 0.717) is 11.4 Å². The maximum Gasteiger partial charge on any atom is 0.339 e. The zero-order chi connectivity index (χ0) is 14.6. The van der Waals surface area contributed by atoms with Gasteiger partial charge >= 0.3 is 5.97 Å². The first kappa shape index (κ1) is 15.4. The quantitative estimate of drug-likeness (QED) is 0.849. The van der Waals surface area contributed by atoms with Crippen LogP contribution in [-0.4, -0.2) is 55.2 Å². The molecule has 0 unspecified atom stereocenters. The minimum atomic E-state index is -0.917. The minimum Gasteiger partial charge on any atom is -0.478 e. The lowest BCUT2D eigenvalue weighted by Crippen LogP contribution is -2.26. The number of aromatic nitrogens is 1. The monoisotopic (exact) mass is 265 g/mol. The fourth-order valence-corrected chi connectivity index (χ4v) is 2.09. The average molecular weight is 265 g/mol. The van der Waals surface area contributed by atoms with Gasteiger partial charge in [-0.15, -0.1) is 0 Å². The Morgan fingerprint density at radius 2 is 1.89 bits per heavy atom. The Morgan fingerprint density at radius 3 is 2.42 bits per heavy atom. The number of carboxylic acid groups (broad SMARTS) is 1. The standard InChI is InChI=1S/C14H23N3O2/c1-10-9-11(2)15-13(12(10)14(18)19)17(5)8-6-7-16(3)4/h9H,6-8H2,1-5H3,(H,18,19). The van der Waals surface area contributed by atoms with Crippen molar-refractivity contribution in [2.24, 2.45) is 0 Å². The predicted molar refractivity (Wildman–Crippen MR) is 77.1 cm³/mol. The number of anilines is 1. The van der Waals surface area contributed by atoms with Gasteiger partial charge in [-0.25, -0.2) is 9.78 Å². The topological polar surface area (TPSA) is 56.7 Å². The third-order valence-corrected chi connectivity index (χ3v) is 3.00. The molecule has 0 saturated carbocycles. The summed E-state index contributed by atoms with van der Waals surface area (Å²) in [6.45, 7) is 5.46. The third-order valence-electron chi connectivity index (χ3n) is 3.00. The molecule has 0 fully saturated rings. The summed E-state index contributed by atoms with van der Waals surface area (Å²) in [6, 6.07) is 1.81. The van der Waals surface area contributed by atoms with Crippen LogP contribution in [0.2, 0.25) is 0 Å². The summed E-state index contributed by atoms with van der Waals surface area (Å²) in [4.78, 5) is 19.8. The van der Waals surface area contributed by atoms with Gasteiger partial charge in [0.25, 0.3) is 0 Å². The van der Waals surface area contributed by atoms with Gasteiger partial charge in [0.05, 0.1) is 0 Å². The van der Waals surface area contributed by atoms with Crippen molar-refractivity contribution < 1.29 is 9.90 Å². The van der Waals surface area contributed by atoms with E-state index in [4.69, 9.17) is 0 Å². The molecule has 0 aliphatic heterocycles. The van der Waals surface area contributed by atoms with Gasteiger partial charge in [-0.1, -0.05) is 0 Å². The Balaban J connectivity index is 2.94. The molecule has 106 valence electrons. The number of nitrogens with zero attached hydrogens (tertiary/aromatic N) is 3. The molecule has 0 atom stereocenters. The largest absolute Gasteiger partial charge is 0.478 e. The Kier molecular flexibility index (Phi) is 5.30. The third kappa shape index (κ3) is 4.21. The second-order valence-electron chi connectivity index (χ2n) is 5.16. The maximum absolute atomic E-state index is 11.4. The molecule has 1 rings (SSSR count). The van der Waals surface area contributed by atoms with E-state index in [9.17, 15) is 9.90 Å². The smallest absolute Gasteiger partial charge is 0.339 e. The Morgan fingerprint density at radius 1 is 1.26 bits per heavy atom. The molecule has 0 radical (unpaired) electrons. The SMILES string of the molecule is Cc1cc(C)c(C(=O)O)c(N(C)CCCN(C)C)n1. The molecule has 1 N–H and O–H groups in total. The van der Waals surface area contributed by atoms with Gasteiger partial charge in [-0.2, -0.15) is 0 Å². The van der Waals surface area contributed by atoms with Crippen molar-refractivity contribution in [3.8, 4) is 0 Å². The van der Waals surface area contributed by atoms with E-state index < -0.39 is 5.97 Å². The van der Waals surface area contributed by atoms with Crippen LogP contribution in [0.5, 0.6) is 0 Å². The van der Waals surface area contributed by atoms with E-state index >= 15 is 0 Å². The summed E-state index contributed by atoms with van der Waals surface area (Å²) in [6.07, 6.45) is 0.969. The fraction of sp³-hybridized carbons (Fsp3) is 0.571. The fourth-order valence-electron chi connectivity index (χ4n) is 2.09. The lowest BCUT2D eigenvalue weighted by atomic mass is 10.1. The lowest BCUT2D eigenvalue weighted by Gasteiger charge is -2.22. The summed E-state index contributed by atoms with van der Waals surface area (Å²) in [7, 11) is 5.94. The minimum absolute atomic E-state index is 0.304. The lowest BCUT2D eigenvalue weighted by molar-refractivity contribution is 0.0696. The van der Waals surface area contributed by atoms with Crippen LogP contribution in [0.3, 0.4) is 0 Å². The Hall–Kier alpha value is -1.62. The highest BCUT2D eigenvalue weighted by Crippen LogP contribution is 2.21. The van der Waals surface area contributed by atoms with Crippen molar-refractivity contribution in [3.63, 3.8) is 0 Å². The van der Waals surface area contributed by atoms with Gasteiger partial charge in [-0.05, 0) is 52.5 Å². The molecule has 1 aromatic heterocycles. The molecule has 0 saturated heterocycles. The van der Waals surface area contributed by atoms with Crippen LogP contribution in [0, 0.1) is 13.8 Å². The highest BCUT2D eigenvalue weighted by Gasteiger charge is 2.18. The number of hydrogen-bond acceptors (Lipinski definition) is 4. The average Bonchev–Trinajstić information content (AvgIpc) is 2.26. The van der Waals surface area contributed by atoms with Crippen molar-refractivity contribution in [2.45, 2.75) is 20.3 Å². The van der Waals surface area contributed by atoms with Crippen molar-refractivity contribution in [1.29, 1.82) is 0 Å². The van der Waals surface area contributed by atoms with Crippen molar-refractivity contribution in [3.05, 3.63) is 22.9 Å². The second-order valence-corrected chi connectivity index (χ2v) is 5.16. The van der Waals surface area contributed by atoms with Gasteiger partial charge in [0.2, 0.25) is 0 Å². The van der Waals surface area contributed by atoms with Gasteiger partial charge in [0.1, 0.15) is 11.4 Å². The predicted octanol–water partition coefficient (Wildman–Crippen LogP) is 1.78. The zero-order valence-electron chi connectivity index (χ0n) is 12.4. The molecular formula is C14H23N3O2. The molecule has 5 nitrogen and oxygen atoms in total. The van der Waals surface area contributed by atoms with Gasteiger partial charge < -0.3 is 14.9 Å². The highest BCUT2D eigenvalue weighted by molar-refractivity contribution is 5.95. The normalized spacial score (nSPS) is 10.8. The van der Waals surface area contributed by atoms with Crippen LogP contribution < -0.4 is 4.90 Å². The molecule has 0 aromatic carbocycles. The van der Waals surface area contributed by atoms with Crippen molar-refractivity contribution >= 4 is 11.8 Å². The summed E-state index contributed by atoms with van der Waals surface area (Å²) >= 11 is 0. The number of pyridine rings is 1. The molecule has 0 aliphatic rings. The van der Waals surface area contributed by atoms with Crippen LogP contribution in [0.25, 0.3) is 0 Å². The summed E-state index contributed by atoms with van der Waals surface area (Å²) in [5, 5.41) is 9.33. The van der Waals surface area contributed by atoms with E-state index in [-0.39, 0.29) is 0 Å². The Labute approximate surface area is 114 Å². The van der Waals surface area contributed by atoms with Gasteiger partial charge in [0.15, 0.2) is 0 Å². The number of hydrogen-bond donors (Lipinski definition) is 1. The number of aromatic carboxylic acids is 1. The maximum atomic E-state index is 11.4. The summed E-state index contributed by atoms with van der Waals surface area (Å²) in [5.74, 6) is -0.358. The molecule has 0 amide bonds. The molecule has 1 heterocycles. The van der Waals surface area contributed by atoms with Crippen LogP contribution in [-0.2, 0) is 0 Å². The zero-order valence-corrected chi connectivity index (χ0v) is 12.4. The Bertz CT molecular complexity index is 458. The summed E-state index contributed by atoms with van der Waals surface area (Å²) < 4.78 is 0. The first-order chi connectivity index (χ1) is 8.82. The van der Waals surface area contributed by atoms with E-state index in [1.807, 2.05) is 39.9 Å². The first-order valence-electron chi connectivity index (χ1n) is 6.40. The van der Waals surface area contributed by atoms with Gasteiger partial charge in [-0.3, -0.25) is 0 Å². The van der Waals surface area contributed by atoms with Gasteiger partial charge in [0, 0.05) is 19.3 Å². The van der Waals surface area contributed by atoms with Crippen molar-refractivity contribution in [2.75, 3.05) is 39.1 Å². The van der Waals surface area contributed by atoms with Crippen LogP contribution >= 0.6 is 0 Å². The van der Waals surface area contributed by atoms with E-state index in [1.54, 1.807) is 6.07 Å². The number of aryl methyl sites for hydroxylation is 2. The van der Waals surface area contributed by atoms with E-state index in [0.717, 1.165) is 30.8 Å². The molecule has 5 heteroatoms. The van der Waals surface area contributed by atoms with E-state index in [1.165, 1.54) is 0 Å². The molecular weight excluding hydrogens is 242 g/mol. The molecule has 19 heavy (non-hydrogen) atoms. The van der Waals surface area contributed by atoms with E-state index in [2.05, 4.69) is 9.88 Å². The van der Waals surface area contributed by atoms with Crippen LogP contribution in [0.15, 0.2) is 6.07 Å². The number of carboxylic acids is 1. The molecule has 1 aromatic rings. The van der Waals surface area contributed by atoms with Crippen LogP contribution in [0.1, 0.15) is 28.0 Å². The number of carbonyl (C=O) groups is 1. The summed E-state index contributed by atoms with van der Waals surface area (Å²) in [5.41, 5.74) is 1.91. The second kappa shape index (κ2) is 6.52. The molecule has 0 spiro atoms. The van der Waals surface area contributed by atoms with Crippen LogP contribution in [0.4, 0.5) is 5.82 Å². The first-order valence-corrected chi connectivity index (χ1v) is 6.40. The van der Waals surface area contributed by atoms with Crippen molar-refractivity contribution in [1.82, 2.24) is 9.88 Å². The number of rotatable bonds is 6.